The number of nitrogens with zero attached hydrogens (tertiary/aromatic N) is 3. The number of furan rings is 1. The number of rotatable bonds is 7. The predicted molar refractivity (Wildman–Crippen MR) is 88.9 cm³/mol. The summed E-state index contributed by atoms with van der Waals surface area (Å²) in [6, 6.07) is 3.93. The third-order valence-corrected chi connectivity index (χ3v) is 3.94. The molecule has 0 aliphatic carbocycles. The van der Waals surface area contributed by atoms with Crippen LogP contribution >= 0.6 is 0 Å². The highest BCUT2D eigenvalue weighted by Gasteiger charge is 2.11. The van der Waals surface area contributed by atoms with E-state index < -0.39 is 0 Å². The molecule has 0 radical (unpaired) electrons. The smallest absolute Gasteiger partial charge is 0.152 e. The summed E-state index contributed by atoms with van der Waals surface area (Å²) in [5.74, 6) is 3.31. The Kier molecular flexibility index (Phi) is 4.62. The molecule has 0 aliphatic heterocycles. The lowest BCUT2D eigenvalue weighted by Gasteiger charge is -2.14. The average Bonchev–Trinajstić information content (AvgIpc) is 3.22. The van der Waals surface area contributed by atoms with Crippen molar-refractivity contribution in [1.82, 2.24) is 25.1 Å². The van der Waals surface area contributed by atoms with Crippen LogP contribution in [0.4, 0.5) is 0 Å². The first-order chi connectivity index (χ1) is 11.1. The van der Waals surface area contributed by atoms with E-state index in [9.17, 15) is 0 Å². The lowest BCUT2D eigenvalue weighted by Crippen LogP contribution is -2.24. The quantitative estimate of drug-likeness (QED) is 0.703. The number of imidazole rings is 1. The van der Waals surface area contributed by atoms with Crippen LogP contribution in [-0.4, -0.2) is 26.3 Å². The van der Waals surface area contributed by atoms with Gasteiger partial charge >= 0.3 is 0 Å². The molecule has 0 saturated carbocycles. The Labute approximate surface area is 135 Å². The second kappa shape index (κ2) is 6.83. The third kappa shape index (κ3) is 3.71. The van der Waals surface area contributed by atoms with Crippen LogP contribution in [0.5, 0.6) is 0 Å². The van der Waals surface area contributed by atoms with E-state index >= 15 is 0 Å². The standard InChI is InChI=1S/C17H23N5O/c1-12(11-22-7-6-19-14(22)3)8-18-9-15-10-20-21-17(15)16-5-4-13(2)23-16/h4-7,10,12,18H,8-9,11H2,1-3H3,(H,20,21). The maximum Gasteiger partial charge on any atom is 0.152 e. The fourth-order valence-corrected chi connectivity index (χ4v) is 2.68. The van der Waals surface area contributed by atoms with Gasteiger partial charge < -0.3 is 14.3 Å². The molecule has 3 heterocycles. The van der Waals surface area contributed by atoms with Gasteiger partial charge in [-0.05, 0) is 38.4 Å². The molecule has 6 heteroatoms. The zero-order valence-corrected chi connectivity index (χ0v) is 13.8. The first kappa shape index (κ1) is 15.6. The molecule has 1 atom stereocenters. The zero-order valence-electron chi connectivity index (χ0n) is 13.8. The van der Waals surface area contributed by atoms with Crippen molar-refractivity contribution in [1.29, 1.82) is 0 Å². The van der Waals surface area contributed by atoms with Gasteiger partial charge in [0.15, 0.2) is 5.76 Å². The van der Waals surface area contributed by atoms with E-state index in [0.29, 0.717) is 5.92 Å². The minimum absolute atomic E-state index is 0.518. The molecule has 122 valence electrons. The van der Waals surface area contributed by atoms with Crippen LogP contribution in [0.15, 0.2) is 35.1 Å². The van der Waals surface area contributed by atoms with Crippen LogP contribution in [-0.2, 0) is 13.1 Å². The Morgan fingerprint density at radius 1 is 1.35 bits per heavy atom. The summed E-state index contributed by atoms with van der Waals surface area (Å²) in [4.78, 5) is 4.26. The molecule has 0 aliphatic rings. The molecule has 6 nitrogen and oxygen atoms in total. The molecule has 0 bridgehead atoms. The Morgan fingerprint density at radius 2 is 2.22 bits per heavy atom. The molecule has 0 aromatic carbocycles. The van der Waals surface area contributed by atoms with Crippen molar-refractivity contribution in [3.63, 3.8) is 0 Å². The van der Waals surface area contributed by atoms with Gasteiger partial charge in [0.25, 0.3) is 0 Å². The third-order valence-electron chi connectivity index (χ3n) is 3.94. The molecule has 0 saturated heterocycles. The number of aromatic nitrogens is 4. The Balaban J connectivity index is 1.53. The topological polar surface area (TPSA) is 71.7 Å². The largest absolute Gasteiger partial charge is 0.460 e. The van der Waals surface area contributed by atoms with Gasteiger partial charge in [-0.15, -0.1) is 0 Å². The van der Waals surface area contributed by atoms with E-state index in [4.69, 9.17) is 4.42 Å². The van der Waals surface area contributed by atoms with Crippen LogP contribution in [0.1, 0.15) is 24.1 Å². The zero-order chi connectivity index (χ0) is 16.2. The summed E-state index contributed by atoms with van der Waals surface area (Å²) in [5.41, 5.74) is 2.06. The van der Waals surface area contributed by atoms with Crippen molar-refractivity contribution < 1.29 is 4.42 Å². The number of aromatic amines is 1. The Morgan fingerprint density at radius 3 is 2.91 bits per heavy atom. The lowest BCUT2D eigenvalue weighted by molar-refractivity contribution is 0.440. The van der Waals surface area contributed by atoms with Crippen molar-refractivity contribution in [2.75, 3.05) is 6.54 Å². The number of nitrogens with one attached hydrogen (secondary N) is 2. The summed E-state index contributed by atoms with van der Waals surface area (Å²) in [6.45, 7) is 8.87. The number of H-pyrrole nitrogens is 1. The fraction of sp³-hybridized carbons (Fsp3) is 0.412. The van der Waals surface area contributed by atoms with Gasteiger partial charge in [0.2, 0.25) is 0 Å². The van der Waals surface area contributed by atoms with Crippen molar-refractivity contribution in [3.05, 3.63) is 47.9 Å². The Bertz CT molecular complexity index is 754. The maximum atomic E-state index is 5.67. The number of hydrogen-bond donors (Lipinski definition) is 2. The van der Waals surface area contributed by atoms with Crippen molar-refractivity contribution in [3.8, 4) is 11.5 Å². The predicted octanol–water partition coefficient (Wildman–Crippen LogP) is 2.91. The highest BCUT2D eigenvalue weighted by molar-refractivity contribution is 5.56. The van der Waals surface area contributed by atoms with Gasteiger partial charge in [0.1, 0.15) is 17.3 Å². The van der Waals surface area contributed by atoms with Gasteiger partial charge in [-0.25, -0.2) is 4.98 Å². The van der Waals surface area contributed by atoms with E-state index in [1.54, 1.807) is 0 Å². The van der Waals surface area contributed by atoms with Gasteiger partial charge in [-0.3, -0.25) is 5.10 Å². The summed E-state index contributed by atoms with van der Waals surface area (Å²) in [6.07, 6.45) is 5.72. The van der Waals surface area contributed by atoms with E-state index in [1.165, 1.54) is 0 Å². The van der Waals surface area contributed by atoms with E-state index in [2.05, 4.69) is 32.0 Å². The average molecular weight is 313 g/mol. The Hall–Kier alpha value is -2.34. The van der Waals surface area contributed by atoms with Crippen LogP contribution in [0, 0.1) is 19.8 Å². The number of hydrogen-bond acceptors (Lipinski definition) is 4. The minimum Gasteiger partial charge on any atom is -0.460 e. The first-order valence-electron chi connectivity index (χ1n) is 7.91. The van der Waals surface area contributed by atoms with Gasteiger partial charge in [-0.2, -0.15) is 5.10 Å². The first-order valence-corrected chi connectivity index (χ1v) is 7.91. The van der Waals surface area contributed by atoms with Crippen molar-refractivity contribution >= 4 is 0 Å². The minimum atomic E-state index is 0.518. The molecular formula is C17H23N5O. The van der Waals surface area contributed by atoms with E-state index in [0.717, 1.165) is 48.2 Å². The van der Waals surface area contributed by atoms with Gasteiger partial charge in [0, 0.05) is 31.0 Å². The summed E-state index contributed by atoms with van der Waals surface area (Å²) in [5, 5.41) is 10.7. The molecule has 0 spiro atoms. The SMILES string of the molecule is Cc1ccc(-c2[nH]ncc2CNCC(C)Cn2ccnc2C)o1. The monoisotopic (exact) mass is 313 g/mol. The lowest BCUT2D eigenvalue weighted by atomic mass is 10.1. The second-order valence-electron chi connectivity index (χ2n) is 6.04. The highest BCUT2D eigenvalue weighted by Crippen LogP contribution is 2.23. The van der Waals surface area contributed by atoms with Crippen LogP contribution in [0.25, 0.3) is 11.5 Å². The molecule has 3 aromatic rings. The highest BCUT2D eigenvalue weighted by atomic mass is 16.3. The molecule has 0 amide bonds. The van der Waals surface area contributed by atoms with E-state index in [-0.39, 0.29) is 0 Å². The maximum absolute atomic E-state index is 5.67. The summed E-state index contributed by atoms with van der Waals surface area (Å²) >= 11 is 0. The fourth-order valence-electron chi connectivity index (χ4n) is 2.68. The molecule has 2 N–H and O–H groups in total. The molecule has 23 heavy (non-hydrogen) atoms. The van der Waals surface area contributed by atoms with E-state index in [1.807, 2.05) is 44.6 Å². The summed E-state index contributed by atoms with van der Waals surface area (Å²) in [7, 11) is 0. The molecule has 0 fully saturated rings. The van der Waals surface area contributed by atoms with Gasteiger partial charge in [-0.1, -0.05) is 6.92 Å². The molecule has 3 aromatic heterocycles. The molecule has 3 rings (SSSR count). The molecular weight excluding hydrogens is 290 g/mol. The van der Waals surface area contributed by atoms with Crippen molar-refractivity contribution in [2.24, 2.45) is 5.92 Å². The van der Waals surface area contributed by atoms with Crippen LogP contribution in [0.2, 0.25) is 0 Å². The van der Waals surface area contributed by atoms with Gasteiger partial charge in [0.05, 0.1) is 6.20 Å². The van der Waals surface area contributed by atoms with Crippen LogP contribution < -0.4 is 5.32 Å². The molecule has 1 unspecified atom stereocenters. The number of aryl methyl sites for hydroxylation is 2. The van der Waals surface area contributed by atoms with Crippen LogP contribution in [0.3, 0.4) is 0 Å². The second-order valence-corrected chi connectivity index (χ2v) is 6.04. The normalized spacial score (nSPS) is 12.7. The van der Waals surface area contributed by atoms with Crippen molar-refractivity contribution in [2.45, 2.75) is 33.9 Å². The summed E-state index contributed by atoms with van der Waals surface area (Å²) < 4.78 is 7.85.